The largest absolute Gasteiger partial charge is 0.305 e. The lowest BCUT2D eigenvalue weighted by molar-refractivity contribution is 0.216. The Morgan fingerprint density at radius 2 is 2.31 bits per heavy atom. The summed E-state index contributed by atoms with van der Waals surface area (Å²) in [7, 11) is 0. The fraction of sp³-hybridized carbons (Fsp3) is 0.818. The van der Waals surface area contributed by atoms with Gasteiger partial charge in [0.1, 0.15) is 0 Å². The van der Waals surface area contributed by atoms with Crippen molar-refractivity contribution in [2.75, 3.05) is 13.1 Å². The van der Waals surface area contributed by atoms with Crippen molar-refractivity contribution in [1.82, 2.24) is 10.2 Å². The minimum Gasteiger partial charge on any atom is -0.305 e. The van der Waals surface area contributed by atoms with Crippen molar-refractivity contribution in [3.63, 3.8) is 0 Å². The summed E-state index contributed by atoms with van der Waals surface area (Å²) in [5, 5.41) is 3.57. The Morgan fingerprint density at radius 3 is 2.92 bits per heavy atom. The molecule has 1 fully saturated rings. The van der Waals surface area contributed by atoms with Crippen molar-refractivity contribution in [2.45, 2.75) is 38.9 Å². The van der Waals surface area contributed by atoms with Crippen LogP contribution in [0.1, 0.15) is 20.8 Å². The minimum absolute atomic E-state index is 0.716. The van der Waals surface area contributed by atoms with Crippen LogP contribution in [-0.2, 0) is 0 Å². The van der Waals surface area contributed by atoms with Gasteiger partial charge in [0.2, 0.25) is 0 Å². The number of fused-ring (bicyclic) bond motifs is 1. The fourth-order valence-corrected chi connectivity index (χ4v) is 3.08. The van der Waals surface area contributed by atoms with Crippen LogP contribution in [0.25, 0.3) is 0 Å². The normalized spacial score (nSPS) is 42.0. The summed E-state index contributed by atoms with van der Waals surface area (Å²) in [5.74, 6) is 0.794. The zero-order valence-corrected chi connectivity index (χ0v) is 8.67. The molecule has 2 heteroatoms. The second-order valence-electron chi connectivity index (χ2n) is 5.05. The van der Waals surface area contributed by atoms with Crippen molar-refractivity contribution in [2.24, 2.45) is 5.92 Å². The Hall–Kier alpha value is -0.340. The molecule has 3 aliphatic rings. The van der Waals surface area contributed by atoms with E-state index in [1.807, 2.05) is 0 Å². The fourth-order valence-electron chi connectivity index (χ4n) is 3.08. The van der Waals surface area contributed by atoms with Crippen molar-refractivity contribution in [3.8, 4) is 0 Å². The standard InChI is InChI=1S/C11H18N2/c1-6(2)5-13-7(3)8-4-12-10-9(8)11(10)13/h6-7,10-12H,4-5H2,1-3H3. The van der Waals surface area contributed by atoms with E-state index < -0.39 is 0 Å². The molecule has 0 bridgehead atoms. The molecule has 1 N–H and O–H groups in total. The van der Waals surface area contributed by atoms with Crippen molar-refractivity contribution in [3.05, 3.63) is 11.1 Å². The summed E-state index contributed by atoms with van der Waals surface area (Å²) in [6.07, 6.45) is 0. The van der Waals surface area contributed by atoms with Crippen LogP contribution in [0.2, 0.25) is 0 Å². The molecule has 3 atom stereocenters. The van der Waals surface area contributed by atoms with E-state index in [9.17, 15) is 0 Å². The van der Waals surface area contributed by atoms with Gasteiger partial charge < -0.3 is 5.32 Å². The quantitative estimate of drug-likeness (QED) is 0.635. The van der Waals surface area contributed by atoms with Gasteiger partial charge in [-0.2, -0.15) is 0 Å². The first-order valence-electron chi connectivity index (χ1n) is 5.42. The molecule has 0 radical (unpaired) electrons. The Kier molecular flexibility index (Phi) is 1.46. The van der Waals surface area contributed by atoms with Crippen LogP contribution < -0.4 is 5.32 Å². The average Bonchev–Trinajstić information content (AvgIpc) is 2.52. The molecule has 0 amide bonds. The van der Waals surface area contributed by atoms with Gasteiger partial charge in [-0.1, -0.05) is 13.8 Å². The number of nitrogens with one attached hydrogen (secondary N) is 1. The van der Waals surface area contributed by atoms with Gasteiger partial charge in [-0.15, -0.1) is 0 Å². The predicted molar refractivity (Wildman–Crippen MR) is 53.6 cm³/mol. The van der Waals surface area contributed by atoms with Crippen LogP contribution in [0.5, 0.6) is 0 Å². The number of rotatable bonds is 2. The van der Waals surface area contributed by atoms with Crippen LogP contribution in [0.3, 0.4) is 0 Å². The van der Waals surface area contributed by atoms with Gasteiger partial charge in [0.05, 0.1) is 6.04 Å². The Labute approximate surface area is 80.0 Å². The van der Waals surface area contributed by atoms with Crippen molar-refractivity contribution < 1.29 is 0 Å². The molecule has 0 spiro atoms. The second-order valence-corrected chi connectivity index (χ2v) is 5.05. The van der Waals surface area contributed by atoms with Gasteiger partial charge in [-0.3, -0.25) is 4.90 Å². The van der Waals surface area contributed by atoms with Gasteiger partial charge in [0.25, 0.3) is 0 Å². The van der Waals surface area contributed by atoms with E-state index in [2.05, 4.69) is 31.0 Å². The first-order chi connectivity index (χ1) is 6.20. The molecule has 2 aliphatic heterocycles. The van der Waals surface area contributed by atoms with Gasteiger partial charge >= 0.3 is 0 Å². The first-order valence-corrected chi connectivity index (χ1v) is 5.42. The van der Waals surface area contributed by atoms with E-state index >= 15 is 0 Å². The van der Waals surface area contributed by atoms with Crippen molar-refractivity contribution >= 4 is 0 Å². The van der Waals surface area contributed by atoms with Crippen LogP contribution in [0.4, 0.5) is 0 Å². The summed E-state index contributed by atoms with van der Waals surface area (Å²) in [5.41, 5.74) is 3.45. The Morgan fingerprint density at radius 1 is 1.54 bits per heavy atom. The molecular weight excluding hydrogens is 160 g/mol. The highest BCUT2D eigenvalue weighted by Crippen LogP contribution is 2.50. The van der Waals surface area contributed by atoms with E-state index in [4.69, 9.17) is 0 Å². The van der Waals surface area contributed by atoms with Crippen LogP contribution >= 0.6 is 0 Å². The zero-order chi connectivity index (χ0) is 9.16. The summed E-state index contributed by atoms with van der Waals surface area (Å²) < 4.78 is 0. The third-order valence-electron chi connectivity index (χ3n) is 3.68. The van der Waals surface area contributed by atoms with E-state index in [0.29, 0.717) is 6.04 Å². The zero-order valence-electron chi connectivity index (χ0n) is 8.67. The van der Waals surface area contributed by atoms with E-state index in [1.54, 1.807) is 11.1 Å². The molecule has 1 saturated carbocycles. The highest BCUT2D eigenvalue weighted by atomic mass is 15.3. The summed E-state index contributed by atoms with van der Waals surface area (Å²) in [6.45, 7) is 9.41. The van der Waals surface area contributed by atoms with Gasteiger partial charge in [0.15, 0.2) is 0 Å². The number of hydrogen-bond acceptors (Lipinski definition) is 2. The topological polar surface area (TPSA) is 15.3 Å². The van der Waals surface area contributed by atoms with E-state index in [0.717, 1.165) is 24.5 Å². The first kappa shape index (κ1) is 8.01. The third kappa shape index (κ3) is 0.906. The van der Waals surface area contributed by atoms with E-state index in [1.165, 1.54) is 6.54 Å². The minimum atomic E-state index is 0.716. The van der Waals surface area contributed by atoms with Crippen LogP contribution in [0, 0.1) is 5.92 Å². The van der Waals surface area contributed by atoms with Crippen LogP contribution in [-0.4, -0.2) is 36.1 Å². The maximum absolute atomic E-state index is 3.57. The molecule has 13 heavy (non-hydrogen) atoms. The molecular formula is C11H18N2. The van der Waals surface area contributed by atoms with Gasteiger partial charge in [-0.05, 0) is 24.0 Å². The smallest absolute Gasteiger partial charge is 0.0526 e. The Balaban J connectivity index is 1.81. The molecule has 0 aromatic rings. The SMILES string of the molecule is CC(C)CN1C(C)C2=C3C(NC2)C31. The molecule has 3 unspecified atom stereocenters. The molecule has 3 rings (SSSR count). The number of hydrogen-bond donors (Lipinski definition) is 1. The monoisotopic (exact) mass is 178 g/mol. The maximum atomic E-state index is 3.57. The molecule has 0 saturated heterocycles. The second kappa shape index (κ2) is 2.37. The van der Waals surface area contributed by atoms with Crippen molar-refractivity contribution in [1.29, 1.82) is 0 Å². The van der Waals surface area contributed by atoms with E-state index in [-0.39, 0.29) is 0 Å². The van der Waals surface area contributed by atoms with Gasteiger partial charge in [0, 0.05) is 25.2 Å². The highest BCUT2D eigenvalue weighted by molar-refractivity contribution is 5.55. The molecule has 72 valence electrons. The molecule has 1 aliphatic carbocycles. The lowest BCUT2D eigenvalue weighted by Gasteiger charge is -2.26. The third-order valence-corrected chi connectivity index (χ3v) is 3.68. The van der Waals surface area contributed by atoms with Crippen LogP contribution in [0.15, 0.2) is 11.1 Å². The van der Waals surface area contributed by atoms with Gasteiger partial charge in [-0.25, -0.2) is 0 Å². The summed E-state index contributed by atoms with van der Waals surface area (Å²) >= 11 is 0. The average molecular weight is 178 g/mol. The highest BCUT2D eigenvalue weighted by Gasteiger charge is 2.59. The number of nitrogens with zero attached hydrogens (tertiary/aromatic N) is 1. The lowest BCUT2D eigenvalue weighted by atomic mass is 10.1. The maximum Gasteiger partial charge on any atom is 0.0526 e. The molecule has 0 aromatic carbocycles. The Bertz CT molecular complexity index is 278. The predicted octanol–water partition coefficient (Wildman–Crippen LogP) is 0.997. The molecule has 2 heterocycles. The lowest BCUT2D eigenvalue weighted by Crippen LogP contribution is -2.37. The summed E-state index contributed by atoms with van der Waals surface area (Å²) in [6, 6.07) is 2.26. The molecule has 2 nitrogen and oxygen atoms in total. The summed E-state index contributed by atoms with van der Waals surface area (Å²) in [4.78, 5) is 2.68. The molecule has 0 aromatic heterocycles.